The van der Waals surface area contributed by atoms with Crippen LogP contribution in [0.15, 0.2) is 77.6 Å². The van der Waals surface area contributed by atoms with Crippen molar-refractivity contribution in [2.24, 2.45) is 0 Å². The summed E-state index contributed by atoms with van der Waals surface area (Å²) in [6.45, 7) is -0.370. The number of nitrogens with one attached hydrogen (secondary N) is 2. The Kier molecular flexibility index (Phi) is 5.48. The van der Waals surface area contributed by atoms with Crippen LogP contribution in [-0.2, 0) is 11.3 Å². The second kappa shape index (κ2) is 8.54. The number of amides is 2. The van der Waals surface area contributed by atoms with Gasteiger partial charge in [-0.15, -0.1) is 5.10 Å². The highest BCUT2D eigenvalue weighted by Gasteiger charge is 2.15. The van der Waals surface area contributed by atoms with Crippen molar-refractivity contribution in [3.05, 3.63) is 94.5 Å². The van der Waals surface area contributed by atoms with Gasteiger partial charge in [0.15, 0.2) is 0 Å². The first kappa shape index (κ1) is 19.9. The molecule has 4 aromatic rings. The van der Waals surface area contributed by atoms with Gasteiger partial charge in [-0.3, -0.25) is 14.4 Å². The maximum atomic E-state index is 13.1. The van der Waals surface area contributed by atoms with Crippen LogP contribution in [-0.4, -0.2) is 26.8 Å². The summed E-state index contributed by atoms with van der Waals surface area (Å²) in [4.78, 5) is 37.7. The van der Waals surface area contributed by atoms with E-state index in [4.69, 9.17) is 0 Å². The predicted molar refractivity (Wildman–Crippen MR) is 113 cm³/mol. The Hall–Kier alpha value is -4.40. The summed E-state index contributed by atoms with van der Waals surface area (Å²) in [5.41, 5.74) is 0.867. The van der Waals surface area contributed by atoms with Crippen LogP contribution < -0.4 is 16.2 Å². The molecular formula is C22H16FN5O3. The topological polar surface area (TPSA) is 106 Å². The van der Waals surface area contributed by atoms with Gasteiger partial charge in [-0.1, -0.05) is 29.5 Å². The Morgan fingerprint density at radius 2 is 1.61 bits per heavy atom. The summed E-state index contributed by atoms with van der Waals surface area (Å²) in [6, 6.07) is 18.4. The van der Waals surface area contributed by atoms with Crippen LogP contribution in [0.1, 0.15) is 10.4 Å². The Bertz CT molecular complexity index is 1340. The minimum Gasteiger partial charge on any atom is -0.324 e. The monoisotopic (exact) mass is 417 g/mol. The highest BCUT2D eigenvalue weighted by Crippen LogP contribution is 2.18. The summed E-state index contributed by atoms with van der Waals surface area (Å²) in [5.74, 6) is -1.45. The second-order valence-corrected chi connectivity index (χ2v) is 6.62. The molecule has 154 valence electrons. The minimum atomic E-state index is -0.547. The van der Waals surface area contributed by atoms with Crippen molar-refractivity contribution < 1.29 is 14.0 Å². The minimum absolute atomic E-state index is 0.206. The molecule has 1 heterocycles. The first-order valence-electron chi connectivity index (χ1n) is 9.29. The van der Waals surface area contributed by atoms with E-state index in [1.807, 2.05) is 0 Å². The van der Waals surface area contributed by atoms with Gasteiger partial charge in [0.2, 0.25) is 5.91 Å². The Labute approximate surface area is 175 Å². The molecule has 0 unspecified atom stereocenters. The molecule has 0 saturated heterocycles. The van der Waals surface area contributed by atoms with Crippen LogP contribution in [0.5, 0.6) is 0 Å². The number of carbonyl (C=O) groups excluding carboxylic acids is 2. The molecule has 8 nitrogen and oxygen atoms in total. The Morgan fingerprint density at radius 1 is 0.903 bits per heavy atom. The smallest absolute Gasteiger partial charge is 0.278 e. The van der Waals surface area contributed by atoms with Crippen molar-refractivity contribution >= 4 is 34.1 Å². The molecule has 0 bridgehead atoms. The third-order valence-corrected chi connectivity index (χ3v) is 4.47. The zero-order valence-corrected chi connectivity index (χ0v) is 16.1. The molecule has 0 aliphatic carbocycles. The van der Waals surface area contributed by atoms with E-state index in [2.05, 4.69) is 20.9 Å². The van der Waals surface area contributed by atoms with Gasteiger partial charge in [0.1, 0.15) is 17.9 Å². The second-order valence-electron chi connectivity index (χ2n) is 6.62. The molecular weight excluding hydrogens is 401 g/mol. The van der Waals surface area contributed by atoms with Gasteiger partial charge >= 0.3 is 0 Å². The molecule has 0 saturated carbocycles. The van der Waals surface area contributed by atoms with Crippen LogP contribution >= 0.6 is 0 Å². The SMILES string of the molecule is O=C(Cn1nnc2ccccc2c1=O)Nc1ccccc1C(=O)Nc1ccc(F)cc1. The summed E-state index contributed by atoms with van der Waals surface area (Å²) in [5, 5.41) is 13.4. The van der Waals surface area contributed by atoms with E-state index in [-0.39, 0.29) is 17.8 Å². The van der Waals surface area contributed by atoms with E-state index in [1.54, 1.807) is 42.5 Å². The number of halogens is 1. The fourth-order valence-corrected chi connectivity index (χ4v) is 2.97. The lowest BCUT2D eigenvalue weighted by molar-refractivity contribution is -0.117. The third-order valence-electron chi connectivity index (χ3n) is 4.47. The molecule has 31 heavy (non-hydrogen) atoms. The molecule has 0 fully saturated rings. The standard InChI is InChI=1S/C22H16FN5O3/c23-14-9-11-15(12-10-14)24-21(30)16-5-1-3-7-18(16)25-20(29)13-28-22(31)17-6-2-4-8-19(17)26-27-28/h1-12H,13H2,(H,24,30)(H,25,29). The first-order valence-corrected chi connectivity index (χ1v) is 9.29. The van der Waals surface area contributed by atoms with Crippen LogP contribution in [0.3, 0.4) is 0 Å². The van der Waals surface area contributed by atoms with Crippen molar-refractivity contribution in [1.82, 2.24) is 15.0 Å². The van der Waals surface area contributed by atoms with Crippen molar-refractivity contribution in [3.8, 4) is 0 Å². The zero-order chi connectivity index (χ0) is 21.8. The number of hydrogen-bond donors (Lipinski definition) is 2. The number of nitrogens with zero attached hydrogens (tertiary/aromatic N) is 3. The molecule has 4 rings (SSSR count). The van der Waals surface area contributed by atoms with Gasteiger partial charge in [-0.05, 0) is 48.5 Å². The molecule has 3 aromatic carbocycles. The largest absolute Gasteiger partial charge is 0.324 e. The normalized spacial score (nSPS) is 10.6. The summed E-state index contributed by atoms with van der Waals surface area (Å²) in [6.07, 6.45) is 0. The summed E-state index contributed by atoms with van der Waals surface area (Å²) < 4.78 is 14.0. The van der Waals surface area contributed by atoms with Crippen molar-refractivity contribution in [3.63, 3.8) is 0 Å². The fraction of sp³-hybridized carbons (Fsp3) is 0.0455. The molecule has 0 atom stereocenters. The van der Waals surface area contributed by atoms with Crippen molar-refractivity contribution in [2.45, 2.75) is 6.54 Å². The molecule has 9 heteroatoms. The van der Waals surface area contributed by atoms with Gasteiger partial charge in [-0.25, -0.2) is 9.07 Å². The van der Waals surface area contributed by atoms with Gasteiger partial charge in [0, 0.05) is 5.69 Å². The van der Waals surface area contributed by atoms with Crippen molar-refractivity contribution in [2.75, 3.05) is 10.6 Å². The number of anilines is 2. The van der Waals surface area contributed by atoms with Gasteiger partial charge in [0.25, 0.3) is 11.5 Å². The lowest BCUT2D eigenvalue weighted by atomic mass is 10.1. The summed E-state index contributed by atoms with van der Waals surface area (Å²) >= 11 is 0. The van der Waals surface area contributed by atoms with E-state index < -0.39 is 23.2 Å². The molecule has 2 N–H and O–H groups in total. The maximum absolute atomic E-state index is 13.1. The van der Waals surface area contributed by atoms with Gasteiger partial charge < -0.3 is 10.6 Å². The fourth-order valence-electron chi connectivity index (χ4n) is 2.97. The van der Waals surface area contributed by atoms with Crippen LogP contribution in [0.25, 0.3) is 10.9 Å². The average molecular weight is 417 g/mol. The van der Waals surface area contributed by atoms with Crippen LogP contribution in [0.4, 0.5) is 15.8 Å². The number of fused-ring (bicyclic) bond motifs is 1. The lowest BCUT2D eigenvalue weighted by Gasteiger charge is -2.12. The van der Waals surface area contributed by atoms with Crippen molar-refractivity contribution in [1.29, 1.82) is 0 Å². The van der Waals surface area contributed by atoms with E-state index in [0.717, 1.165) is 4.68 Å². The van der Waals surface area contributed by atoms with Crippen LogP contribution in [0.2, 0.25) is 0 Å². The number of para-hydroxylation sites is 1. The first-order chi connectivity index (χ1) is 15.0. The maximum Gasteiger partial charge on any atom is 0.278 e. The highest BCUT2D eigenvalue weighted by molar-refractivity contribution is 6.10. The van der Waals surface area contributed by atoms with Gasteiger partial charge in [0.05, 0.1) is 16.6 Å². The number of rotatable bonds is 5. The quantitative estimate of drug-likeness (QED) is 0.519. The number of benzene rings is 3. The predicted octanol–water partition coefficient (Wildman–Crippen LogP) is 2.82. The van der Waals surface area contributed by atoms with Gasteiger partial charge in [-0.2, -0.15) is 0 Å². The molecule has 0 spiro atoms. The van der Waals surface area contributed by atoms with E-state index in [0.29, 0.717) is 16.6 Å². The van der Waals surface area contributed by atoms with E-state index in [1.165, 1.54) is 30.3 Å². The molecule has 0 radical (unpaired) electrons. The molecule has 2 amide bonds. The third kappa shape index (κ3) is 4.45. The molecule has 0 aliphatic rings. The molecule has 0 aliphatic heterocycles. The number of aromatic nitrogens is 3. The van der Waals surface area contributed by atoms with E-state index >= 15 is 0 Å². The lowest BCUT2D eigenvalue weighted by Crippen LogP contribution is -2.31. The highest BCUT2D eigenvalue weighted by atomic mass is 19.1. The number of hydrogen-bond acceptors (Lipinski definition) is 5. The van der Waals surface area contributed by atoms with Crippen LogP contribution in [0, 0.1) is 5.82 Å². The summed E-state index contributed by atoms with van der Waals surface area (Å²) in [7, 11) is 0. The Morgan fingerprint density at radius 3 is 2.42 bits per heavy atom. The molecule has 1 aromatic heterocycles. The Balaban J connectivity index is 1.51. The number of carbonyl (C=O) groups is 2. The average Bonchev–Trinajstić information content (AvgIpc) is 2.78. The van der Waals surface area contributed by atoms with E-state index in [9.17, 15) is 18.8 Å². The zero-order valence-electron chi connectivity index (χ0n) is 16.1.